The summed E-state index contributed by atoms with van der Waals surface area (Å²) in [5.74, 6) is 0. The molecule has 0 unspecified atom stereocenters. The molecule has 3 rings (SSSR count). The molecule has 1 saturated carbocycles. The van der Waals surface area contributed by atoms with Crippen molar-refractivity contribution in [2.24, 2.45) is 0 Å². The van der Waals surface area contributed by atoms with Crippen LogP contribution in [-0.4, -0.2) is 82.9 Å². The number of alkyl halides is 6. The van der Waals surface area contributed by atoms with Gasteiger partial charge in [-0.15, -0.1) is 0 Å². The third-order valence-electron chi connectivity index (χ3n) is 5.69. The van der Waals surface area contributed by atoms with E-state index in [-0.39, 0.29) is 17.1 Å². The average Bonchev–Trinajstić information content (AvgIpc) is 2.83. The fourth-order valence-corrected chi connectivity index (χ4v) is 3.85. The number of pyridine rings is 2. The SMILES string of the molecule is CN(Cc1ccccn1)[C@@H]1CCCC[C@H]1N(C)Cc1ccccn1.O=S(=O)(O)C(F)(F)F.O=S(=O)(O)C(F)(F)F.[Fe]. The molecule has 236 valence electrons. The first kappa shape index (κ1) is 39.1. The average molecular weight is 680 g/mol. The van der Waals surface area contributed by atoms with Gasteiger partial charge in [0.05, 0.1) is 11.4 Å². The molecule has 2 aromatic heterocycles. The number of hydrogen-bond acceptors (Lipinski definition) is 8. The first-order chi connectivity index (χ1) is 18.2. The second-order valence-electron chi connectivity index (χ2n) is 8.73. The maximum absolute atomic E-state index is 10.7. The molecule has 10 nitrogen and oxygen atoms in total. The number of aromatic nitrogens is 2. The molecule has 19 heteroatoms. The number of likely N-dealkylation sites (N-methyl/N-ethyl adjacent to an activating group) is 2. The van der Waals surface area contributed by atoms with E-state index in [9.17, 15) is 26.3 Å². The van der Waals surface area contributed by atoms with Gasteiger partial charge in [-0.05, 0) is 51.2 Å². The van der Waals surface area contributed by atoms with Crippen LogP contribution in [-0.2, 0) is 50.4 Å². The van der Waals surface area contributed by atoms with Crippen molar-refractivity contribution in [2.75, 3.05) is 14.1 Å². The zero-order valence-corrected chi connectivity index (χ0v) is 24.5. The maximum Gasteiger partial charge on any atom is 0.522 e. The van der Waals surface area contributed by atoms with Crippen LogP contribution in [0.2, 0.25) is 0 Å². The van der Waals surface area contributed by atoms with Gasteiger partial charge in [0, 0.05) is 54.6 Å². The molecule has 0 spiro atoms. The first-order valence-electron chi connectivity index (χ1n) is 11.5. The van der Waals surface area contributed by atoms with Crippen molar-refractivity contribution in [2.45, 2.75) is 61.9 Å². The van der Waals surface area contributed by atoms with E-state index in [4.69, 9.17) is 25.9 Å². The van der Waals surface area contributed by atoms with Gasteiger partial charge in [0.25, 0.3) is 0 Å². The third kappa shape index (κ3) is 14.2. The van der Waals surface area contributed by atoms with E-state index in [0.29, 0.717) is 12.1 Å². The minimum absolute atomic E-state index is 0. The van der Waals surface area contributed by atoms with E-state index in [1.165, 1.54) is 25.7 Å². The van der Waals surface area contributed by atoms with Crippen molar-refractivity contribution in [3.8, 4) is 0 Å². The van der Waals surface area contributed by atoms with Gasteiger partial charge in [-0.25, -0.2) is 0 Å². The Kier molecular flexibility index (Phi) is 15.9. The fourth-order valence-electron chi connectivity index (χ4n) is 3.85. The van der Waals surface area contributed by atoms with E-state index in [0.717, 1.165) is 24.5 Å². The van der Waals surface area contributed by atoms with Crippen LogP contribution in [0.15, 0.2) is 48.8 Å². The molecule has 0 aromatic carbocycles. The van der Waals surface area contributed by atoms with E-state index in [1.54, 1.807) is 0 Å². The molecule has 2 heterocycles. The number of rotatable bonds is 6. The van der Waals surface area contributed by atoms with Crippen LogP contribution in [0, 0.1) is 0 Å². The topological polar surface area (TPSA) is 141 Å². The van der Waals surface area contributed by atoms with Crippen molar-refractivity contribution in [1.82, 2.24) is 19.8 Å². The molecule has 1 aliphatic rings. The van der Waals surface area contributed by atoms with E-state index in [1.807, 2.05) is 24.5 Å². The Labute approximate surface area is 245 Å². The van der Waals surface area contributed by atoms with Gasteiger partial charge in [0.2, 0.25) is 0 Å². The van der Waals surface area contributed by atoms with E-state index < -0.39 is 31.3 Å². The standard InChI is InChI=1S/C20H28N4.2CHF3O3S.Fe/c1-23(15-17-9-5-7-13-21-17)19-11-3-4-12-20(19)24(2)16-18-10-6-8-14-22-18;2*2-1(3,4)8(5,6)7;/h5-10,13-14,19-20H,3-4,11-12,15-16H2,1-2H3;2*(H,5,6,7);/t19-,20-;;;/m1.../s1. The minimum atomic E-state index is -5.84. The molecule has 2 aromatic rings. The molecular weight excluding hydrogens is 650 g/mol. The Bertz CT molecular complexity index is 1140. The Hall–Kier alpha value is -1.86. The smallest absolute Gasteiger partial charge is 0.296 e. The van der Waals surface area contributed by atoms with E-state index >= 15 is 0 Å². The summed E-state index contributed by atoms with van der Waals surface area (Å²) >= 11 is 0. The predicted molar refractivity (Wildman–Crippen MR) is 133 cm³/mol. The van der Waals surface area contributed by atoms with Gasteiger partial charge in [0.15, 0.2) is 0 Å². The van der Waals surface area contributed by atoms with Crippen LogP contribution in [0.4, 0.5) is 26.3 Å². The molecule has 1 aliphatic carbocycles. The normalized spacial score (nSPS) is 18.0. The van der Waals surface area contributed by atoms with Crippen molar-refractivity contribution in [1.29, 1.82) is 0 Å². The van der Waals surface area contributed by atoms with Crippen molar-refractivity contribution in [3.05, 3.63) is 60.2 Å². The van der Waals surface area contributed by atoms with Crippen LogP contribution in [0.1, 0.15) is 37.1 Å². The van der Waals surface area contributed by atoms with Gasteiger partial charge < -0.3 is 0 Å². The molecule has 0 radical (unpaired) electrons. The number of halogens is 6. The zero-order chi connectivity index (χ0) is 30.8. The van der Waals surface area contributed by atoms with Gasteiger partial charge in [-0.1, -0.05) is 25.0 Å². The molecule has 0 saturated heterocycles. The van der Waals surface area contributed by atoms with E-state index in [2.05, 4.69) is 58.1 Å². The molecule has 2 N–H and O–H groups in total. The Balaban J connectivity index is 0.000000781. The number of hydrogen-bond donors (Lipinski definition) is 2. The summed E-state index contributed by atoms with van der Waals surface area (Å²) in [6.07, 6.45) is 8.95. The summed E-state index contributed by atoms with van der Waals surface area (Å²) in [6, 6.07) is 13.5. The third-order valence-corrected chi connectivity index (χ3v) is 6.86. The summed E-state index contributed by atoms with van der Waals surface area (Å²) in [6.45, 7) is 1.83. The molecule has 1 fully saturated rings. The first-order valence-corrected chi connectivity index (χ1v) is 14.4. The Morgan fingerprint density at radius 3 is 1.24 bits per heavy atom. The van der Waals surface area contributed by atoms with Gasteiger partial charge in [-0.2, -0.15) is 43.2 Å². The largest absolute Gasteiger partial charge is 0.522 e. The Morgan fingerprint density at radius 2 is 1.02 bits per heavy atom. The van der Waals surface area contributed by atoms with Crippen molar-refractivity contribution in [3.63, 3.8) is 0 Å². The Morgan fingerprint density at radius 1 is 0.732 bits per heavy atom. The number of nitrogens with zero attached hydrogens (tertiary/aromatic N) is 4. The molecule has 0 aliphatic heterocycles. The quantitative estimate of drug-likeness (QED) is 0.198. The molecule has 0 bridgehead atoms. The summed E-state index contributed by atoms with van der Waals surface area (Å²) in [7, 11) is -7.20. The molecular formula is C22H30F6FeN4O6S2. The predicted octanol–water partition coefficient (Wildman–Crippen LogP) is 4.14. The minimum Gasteiger partial charge on any atom is -0.296 e. The monoisotopic (exact) mass is 680 g/mol. The van der Waals surface area contributed by atoms with Gasteiger partial charge in [0.1, 0.15) is 0 Å². The molecule has 2 atom stereocenters. The summed E-state index contributed by atoms with van der Waals surface area (Å²) in [5, 5.41) is 0. The summed E-state index contributed by atoms with van der Waals surface area (Å²) < 4.78 is 115. The van der Waals surface area contributed by atoms with Gasteiger partial charge in [-0.3, -0.25) is 28.9 Å². The zero-order valence-electron chi connectivity index (χ0n) is 21.8. The van der Waals surface area contributed by atoms with Crippen LogP contribution in [0.5, 0.6) is 0 Å². The molecule has 41 heavy (non-hydrogen) atoms. The summed E-state index contributed by atoms with van der Waals surface area (Å²) in [4.78, 5) is 13.9. The second kappa shape index (κ2) is 16.7. The molecule has 0 amide bonds. The van der Waals surface area contributed by atoms with Crippen LogP contribution in [0.25, 0.3) is 0 Å². The van der Waals surface area contributed by atoms with Crippen molar-refractivity contribution < 1.29 is 69.4 Å². The van der Waals surface area contributed by atoms with Crippen LogP contribution in [0.3, 0.4) is 0 Å². The van der Waals surface area contributed by atoms with Gasteiger partial charge >= 0.3 is 31.3 Å². The van der Waals surface area contributed by atoms with Crippen LogP contribution >= 0.6 is 0 Å². The fraction of sp³-hybridized carbons (Fsp3) is 0.545. The van der Waals surface area contributed by atoms with Crippen LogP contribution < -0.4 is 0 Å². The summed E-state index contributed by atoms with van der Waals surface area (Å²) in [5.41, 5.74) is -8.77. The maximum atomic E-state index is 10.7. The van der Waals surface area contributed by atoms with Crippen molar-refractivity contribution >= 4 is 20.2 Å². The second-order valence-corrected chi connectivity index (χ2v) is 11.6.